The summed E-state index contributed by atoms with van der Waals surface area (Å²) in [4.78, 5) is 8.64. The molecular weight excluding hydrogens is 258 g/mol. The zero-order chi connectivity index (χ0) is 13.9. The molecule has 20 heavy (non-hydrogen) atoms. The Morgan fingerprint density at radius 1 is 1.15 bits per heavy atom. The molecule has 0 spiro atoms. The van der Waals surface area contributed by atoms with Gasteiger partial charge in [-0.2, -0.15) is 0 Å². The predicted octanol–water partition coefficient (Wildman–Crippen LogP) is 1.80. The largest absolute Gasteiger partial charge is 0.454 e. The summed E-state index contributed by atoms with van der Waals surface area (Å²) in [6.45, 7) is 2.24. The fraction of sp³-hybridized carbons (Fsp3) is 0.231. The van der Waals surface area contributed by atoms with Crippen LogP contribution in [0.4, 0.5) is 17.3 Å². The molecule has 0 saturated carbocycles. The van der Waals surface area contributed by atoms with Gasteiger partial charge < -0.3 is 20.2 Å². The lowest BCUT2D eigenvalue weighted by Gasteiger charge is -2.09. The van der Waals surface area contributed by atoms with Gasteiger partial charge in [0.25, 0.3) is 0 Å². The number of aromatic nitrogens is 2. The van der Waals surface area contributed by atoms with E-state index in [1.54, 1.807) is 6.07 Å². The highest BCUT2D eigenvalue weighted by Gasteiger charge is 2.13. The molecule has 7 heteroatoms. The minimum Gasteiger partial charge on any atom is -0.454 e. The molecule has 3 rings (SSSR count). The van der Waals surface area contributed by atoms with Crippen molar-refractivity contribution < 1.29 is 9.47 Å². The van der Waals surface area contributed by atoms with Gasteiger partial charge in [0.15, 0.2) is 11.5 Å². The van der Waals surface area contributed by atoms with Crippen LogP contribution in [-0.4, -0.2) is 16.8 Å². The standard InChI is InChI=1S/C13H15N5O2/c1-2-11-16-12(6-13(17-11)18-14)15-8-3-4-9-10(5-8)20-7-19-9/h3-6H,2,7,14H2,1H3,(H2,15,16,17,18). The Kier molecular flexibility index (Phi) is 3.26. The monoisotopic (exact) mass is 273 g/mol. The van der Waals surface area contributed by atoms with Crippen LogP contribution in [0.2, 0.25) is 0 Å². The first-order chi connectivity index (χ1) is 9.78. The molecule has 4 N–H and O–H groups in total. The van der Waals surface area contributed by atoms with Gasteiger partial charge in [-0.05, 0) is 12.1 Å². The molecule has 0 saturated heterocycles. The molecule has 1 aromatic heterocycles. The number of hydrazine groups is 1. The van der Waals surface area contributed by atoms with Gasteiger partial charge in [-0.3, -0.25) is 0 Å². The van der Waals surface area contributed by atoms with Crippen LogP contribution >= 0.6 is 0 Å². The number of nitrogens with two attached hydrogens (primary N) is 1. The molecular formula is C13H15N5O2. The molecule has 0 fully saturated rings. The van der Waals surface area contributed by atoms with Crippen LogP contribution < -0.4 is 26.1 Å². The maximum atomic E-state index is 5.40. The van der Waals surface area contributed by atoms with Crippen LogP contribution in [0.1, 0.15) is 12.7 Å². The van der Waals surface area contributed by atoms with Crippen LogP contribution in [0.15, 0.2) is 24.3 Å². The molecule has 0 radical (unpaired) electrons. The third-order valence-electron chi connectivity index (χ3n) is 2.88. The number of fused-ring (bicyclic) bond motifs is 1. The minimum absolute atomic E-state index is 0.257. The topological polar surface area (TPSA) is 94.3 Å². The molecule has 1 aromatic carbocycles. The smallest absolute Gasteiger partial charge is 0.231 e. The second kappa shape index (κ2) is 5.22. The van der Waals surface area contributed by atoms with Crippen LogP contribution in [0.5, 0.6) is 11.5 Å². The summed E-state index contributed by atoms with van der Waals surface area (Å²) in [6.07, 6.45) is 0.728. The van der Waals surface area contributed by atoms with Gasteiger partial charge in [0, 0.05) is 24.2 Å². The lowest BCUT2D eigenvalue weighted by atomic mass is 10.2. The summed E-state index contributed by atoms with van der Waals surface area (Å²) in [5.41, 5.74) is 3.39. The maximum absolute atomic E-state index is 5.40. The number of hydrogen-bond donors (Lipinski definition) is 3. The molecule has 0 amide bonds. The van der Waals surface area contributed by atoms with E-state index < -0.39 is 0 Å². The molecule has 1 aliphatic heterocycles. The first-order valence-corrected chi connectivity index (χ1v) is 6.29. The van der Waals surface area contributed by atoms with E-state index in [4.69, 9.17) is 15.3 Å². The van der Waals surface area contributed by atoms with E-state index in [1.165, 1.54) is 0 Å². The van der Waals surface area contributed by atoms with Gasteiger partial charge in [0.1, 0.15) is 17.5 Å². The van der Waals surface area contributed by atoms with Crippen LogP contribution in [0, 0.1) is 0 Å². The molecule has 0 bridgehead atoms. The normalized spacial score (nSPS) is 12.3. The van der Waals surface area contributed by atoms with Crippen molar-refractivity contribution in [2.45, 2.75) is 13.3 Å². The highest BCUT2D eigenvalue weighted by molar-refractivity contribution is 5.63. The van der Waals surface area contributed by atoms with E-state index in [9.17, 15) is 0 Å². The second-order valence-corrected chi connectivity index (χ2v) is 4.25. The number of rotatable bonds is 4. The Labute approximate surface area is 116 Å². The number of nitrogens with zero attached hydrogens (tertiary/aromatic N) is 2. The highest BCUT2D eigenvalue weighted by atomic mass is 16.7. The molecule has 2 heterocycles. The van der Waals surface area contributed by atoms with E-state index in [0.717, 1.165) is 23.6 Å². The summed E-state index contributed by atoms with van der Waals surface area (Å²) >= 11 is 0. The lowest BCUT2D eigenvalue weighted by Crippen LogP contribution is -2.11. The third-order valence-corrected chi connectivity index (χ3v) is 2.88. The highest BCUT2D eigenvalue weighted by Crippen LogP contribution is 2.35. The van der Waals surface area contributed by atoms with Gasteiger partial charge in [-0.15, -0.1) is 0 Å². The summed E-state index contributed by atoms with van der Waals surface area (Å²) in [5.74, 6) is 8.82. The van der Waals surface area contributed by atoms with Crippen molar-refractivity contribution in [3.05, 3.63) is 30.1 Å². The fourth-order valence-corrected chi connectivity index (χ4v) is 1.92. The van der Waals surface area contributed by atoms with Gasteiger partial charge in [-0.1, -0.05) is 6.92 Å². The molecule has 104 valence electrons. The van der Waals surface area contributed by atoms with Crippen molar-refractivity contribution in [3.63, 3.8) is 0 Å². The first kappa shape index (κ1) is 12.5. The summed E-state index contributed by atoms with van der Waals surface area (Å²) in [6, 6.07) is 7.36. The van der Waals surface area contributed by atoms with Crippen molar-refractivity contribution >= 4 is 17.3 Å². The van der Waals surface area contributed by atoms with Crippen molar-refractivity contribution in [1.29, 1.82) is 0 Å². The van der Waals surface area contributed by atoms with Gasteiger partial charge in [0.2, 0.25) is 6.79 Å². The zero-order valence-electron chi connectivity index (χ0n) is 11.0. The summed E-state index contributed by atoms with van der Waals surface area (Å²) in [5, 5.41) is 3.20. The molecule has 1 aliphatic rings. The van der Waals surface area contributed by atoms with E-state index in [-0.39, 0.29) is 6.79 Å². The average Bonchev–Trinajstić information content (AvgIpc) is 2.94. The Balaban J connectivity index is 1.87. The first-order valence-electron chi connectivity index (χ1n) is 6.29. The molecule has 0 unspecified atom stereocenters. The number of benzene rings is 1. The maximum Gasteiger partial charge on any atom is 0.231 e. The van der Waals surface area contributed by atoms with E-state index in [2.05, 4.69) is 20.7 Å². The SMILES string of the molecule is CCc1nc(NN)cc(Nc2ccc3c(c2)OCO3)n1. The Bertz CT molecular complexity index is 610. The second-order valence-electron chi connectivity index (χ2n) is 4.25. The van der Waals surface area contributed by atoms with Crippen LogP contribution in [0.25, 0.3) is 0 Å². The Morgan fingerprint density at radius 3 is 2.75 bits per heavy atom. The van der Waals surface area contributed by atoms with Crippen LogP contribution in [-0.2, 0) is 6.42 Å². The predicted molar refractivity (Wildman–Crippen MR) is 75.1 cm³/mol. The van der Waals surface area contributed by atoms with E-state index in [1.807, 2.05) is 25.1 Å². The summed E-state index contributed by atoms with van der Waals surface area (Å²) in [7, 11) is 0. The number of anilines is 3. The van der Waals surface area contributed by atoms with Crippen LogP contribution in [0.3, 0.4) is 0 Å². The van der Waals surface area contributed by atoms with Crippen molar-refractivity contribution in [2.75, 3.05) is 17.5 Å². The number of nitrogens with one attached hydrogen (secondary N) is 2. The minimum atomic E-state index is 0.257. The zero-order valence-corrected chi connectivity index (χ0v) is 11.0. The number of nitrogen functional groups attached to an aromatic ring is 1. The van der Waals surface area contributed by atoms with Gasteiger partial charge in [-0.25, -0.2) is 15.8 Å². The number of ether oxygens (including phenoxy) is 2. The molecule has 7 nitrogen and oxygen atoms in total. The van der Waals surface area contributed by atoms with Gasteiger partial charge >= 0.3 is 0 Å². The fourth-order valence-electron chi connectivity index (χ4n) is 1.92. The van der Waals surface area contributed by atoms with Gasteiger partial charge in [0.05, 0.1) is 0 Å². The summed E-state index contributed by atoms with van der Waals surface area (Å²) < 4.78 is 10.6. The Hall–Kier alpha value is -2.54. The lowest BCUT2D eigenvalue weighted by molar-refractivity contribution is 0.174. The molecule has 2 aromatic rings. The number of hydrogen-bond acceptors (Lipinski definition) is 7. The Morgan fingerprint density at radius 2 is 1.95 bits per heavy atom. The van der Waals surface area contributed by atoms with Crippen molar-refractivity contribution in [2.24, 2.45) is 5.84 Å². The quantitative estimate of drug-likeness (QED) is 0.577. The number of aryl methyl sites for hydroxylation is 1. The molecule has 0 atom stereocenters. The molecule has 0 aliphatic carbocycles. The van der Waals surface area contributed by atoms with Crippen molar-refractivity contribution in [1.82, 2.24) is 9.97 Å². The third kappa shape index (κ3) is 2.43. The van der Waals surface area contributed by atoms with E-state index >= 15 is 0 Å². The average molecular weight is 273 g/mol. The van der Waals surface area contributed by atoms with E-state index in [0.29, 0.717) is 17.5 Å². The van der Waals surface area contributed by atoms with Crippen molar-refractivity contribution in [3.8, 4) is 11.5 Å².